The molecule has 2 aromatic carbocycles. The Balaban J connectivity index is 2.57. The standard InChI is InChI=1S/C14H10F2O3S/c1-20(18,19)11-4-2-9(3-5-11)12-7-14(16)13(15)6-10(12)8-17/h2-8H,1H3. The molecular weight excluding hydrogens is 286 g/mol. The monoisotopic (exact) mass is 296 g/mol. The molecule has 0 aliphatic carbocycles. The third-order valence-electron chi connectivity index (χ3n) is 2.81. The van der Waals surface area contributed by atoms with E-state index in [4.69, 9.17) is 0 Å². The van der Waals surface area contributed by atoms with E-state index in [0.29, 0.717) is 11.8 Å². The van der Waals surface area contributed by atoms with Crippen molar-refractivity contribution < 1.29 is 22.0 Å². The summed E-state index contributed by atoms with van der Waals surface area (Å²) in [5.41, 5.74) is 0.633. The predicted molar refractivity (Wildman–Crippen MR) is 70.3 cm³/mol. The van der Waals surface area contributed by atoms with Gasteiger partial charge in [-0.25, -0.2) is 17.2 Å². The van der Waals surface area contributed by atoms with Crippen LogP contribution < -0.4 is 0 Å². The van der Waals surface area contributed by atoms with Gasteiger partial charge in [-0.1, -0.05) is 12.1 Å². The minimum Gasteiger partial charge on any atom is -0.298 e. The maximum absolute atomic E-state index is 13.3. The summed E-state index contributed by atoms with van der Waals surface area (Å²) < 4.78 is 49.0. The highest BCUT2D eigenvalue weighted by atomic mass is 32.2. The highest BCUT2D eigenvalue weighted by Gasteiger charge is 2.12. The van der Waals surface area contributed by atoms with Crippen LogP contribution in [0.5, 0.6) is 0 Å². The molecule has 6 heteroatoms. The first-order valence-corrected chi connectivity index (χ1v) is 7.47. The van der Waals surface area contributed by atoms with Crippen molar-refractivity contribution in [3.8, 4) is 11.1 Å². The van der Waals surface area contributed by atoms with E-state index in [-0.39, 0.29) is 16.0 Å². The molecule has 0 radical (unpaired) electrons. The molecule has 0 aromatic heterocycles. The van der Waals surface area contributed by atoms with Crippen LogP contribution in [0, 0.1) is 11.6 Å². The molecule has 0 atom stereocenters. The average Bonchev–Trinajstić information content (AvgIpc) is 2.40. The zero-order valence-corrected chi connectivity index (χ0v) is 11.2. The number of rotatable bonds is 3. The molecule has 0 saturated carbocycles. The van der Waals surface area contributed by atoms with Crippen LogP contribution in [0.3, 0.4) is 0 Å². The zero-order valence-electron chi connectivity index (χ0n) is 10.4. The topological polar surface area (TPSA) is 51.2 Å². The summed E-state index contributed by atoms with van der Waals surface area (Å²) in [6.45, 7) is 0. The van der Waals surface area contributed by atoms with Crippen molar-refractivity contribution in [3.63, 3.8) is 0 Å². The Labute approximate surface area is 114 Å². The first kappa shape index (κ1) is 14.3. The molecule has 0 saturated heterocycles. The molecule has 0 heterocycles. The molecule has 0 spiro atoms. The second-order valence-corrected chi connectivity index (χ2v) is 6.28. The summed E-state index contributed by atoms with van der Waals surface area (Å²) >= 11 is 0. The van der Waals surface area contributed by atoms with Gasteiger partial charge in [0.1, 0.15) is 0 Å². The number of aldehydes is 1. The van der Waals surface area contributed by atoms with Crippen molar-refractivity contribution in [2.75, 3.05) is 6.26 Å². The van der Waals surface area contributed by atoms with Gasteiger partial charge in [0, 0.05) is 11.8 Å². The van der Waals surface area contributed by atoms with E-state index in [1.54, 1.807) is 0 Å². The lowest BCUT2D eigenvalue weighted by Crippen LogP contribution is -1.97. The van der Waals surface area contributed by atoms with Gasteiger partial charge >= 0.3 is 0 Å². The summed E-state index contributed by atoms with van der Waals surface area (Å²) in [6.07, 6.45) is 1.48. The second-order valence-electron chi connectivity index (χ2n) is 4.27. The van der Waals surface area contributed by atoms with Gasteiger partial charge in [-0.15, -0.1) is 0 Å². The SMILES string of the molecule is CS(=O)(=O)c1ccc(-c2cc(F)c(F)cc2C=O)cc1. The van der Waals surface area contributed by atoms with E-state index < -0.39 is 21.5 Å². The lowest BCUT2D eigenvalue weighted by molar-refractivity contribution is 0.112. The van der Waals surface area contributed by atoms with Crippen LogP contribution in [0.2, 0.25) is 0 Å². The Kier molecular flexibility index (Phi) is 3.67. The molecule has 0 bridgehead atoms. The molecule has 0 amide bonds. The summed E-state index contributed by atoms with van der Waals surface area (Å²) in [4.78, 5) is 11.0. The molecular formula is C14H10F2O3S. The number of halogens is 2. The quantitative estimate of drug-likeness (QED) is 0.818. The van der Waals surface area contributed by atoms with Crippen LogP contribution in [-0.2, 0) is 9.84 Å². The molecule has 2 rings (SSSR count). The lowest BCUT2D eigenvalue weighted by Gasteiger charge is -2.07. The van der Waals surface area contributed by atoms with Gasteiger partial charge in [0.15, 0.2) is 27.8 Å². The van der Waals surface area contributed by atoms with Crippen molar-refractivity contribution in [1.29, 1.82) is 0 Å². The molecule has 0 fully saturated rings. The maximum Gasteiger partial charge on any atom is 0.175 e. The van der Waals surface area contributed by atoms with E-state index in [1.165, 1.54) is 24.3 Å². The first-order valence-electron chi connectivity index (χ1n) is 5.57. The first-order chi connectivity index (χ1) is 9.32. The molecule has 0 unspecified atom stereocenters. The Bertz CT molecular complexity index is 766. The van der Waals surface area contributed by atoms with E-state index in [9.17, 15) is 22.0 Å². The predicted octanol–water partition coefficient (Wildman–Crippen LogP) is 2.85. The number of carbonyl (C=O) groups excluding carboxylic acids is 1. The Morgan fingerprint density at radius 1 is 1.00 bits per heavy atom. The lowest BCUT2D eigenvalue weighted by atomic mass is 10.00. The molecule has 0 N–H and O–H groups in total. The molecule has 2 aromatic rings. The third kappa shape index (κ3) is 2.75. The molecule has 104 valence electrons. The summed E-state index contributed by atoms with van der Waals surface area (Å²) in [5.74, 6) is -2.18. The average molecular weight is 296 g/mol. The van der Waals surface area contributed by atoms with Crippen molar-refractivity contribution in [2.24, 2.45) is 0 Å². The molecule has 0 aliphatic rings. The van der Waals surface area contributed by atoms with Gasteiger partial charge in [-0.3, -0.25) is 4.79 Å². The van der Waals surface area contributed by atoms with E-state index >= 15 is 0 Å². The van der Waals surface area contributed by atoms with Gasteiger partial charge in [-0.2, -0.15) is 0 Å². The van der Waals surface area contributed by atoms with Gasteiger partial charge in [0.25, 0.3) is 0 Å². The minimum absolute atomic E-state index is 0.00370. The Morgan fingerprint density at radius 2 is 1.55 bits per heavy atom. The highest BCUT2D eigenvalue weighted by molar-refractivity contribution is 7.90. The second kappa shape index (κ2) is 5.13. The Morgan fingerprint density at radius 3 is 2.05 bits per heavy atom. The number of sulfone groups is 1. The minimum atomic E-state index is -3.34. The van der Waals surface area contributed by atoms with Crippen LogP contribution in [0.4, 0.5) is 8.78 Å². The number of benzene rings is 2. The normalized spacial score (nSPS) is 11.3. The van der Waals surface area contributed by atoms with E-state index in [2.05, 4.69) is 0 Å². The van der Waals surface area contributed by atoms with E-state index in [1.807, 2.05) is 0 Å². The van der Waals surface area contributed by atoms with Gasteiger partial charge in [0.2, 0.25) is 0 Å². The van der Waals surface area contributed by atoms with E-state index in [0.717, 1.165) is 18.4 Å². The fourth-order valence-corrected chi connectivity index (χ4v) is 2.42. The zero-order chi connectivity index (χ0) is 14.9. The van der Waals surface area contributed by atoms with Crippen molar-refractivity contribution >= 4 is 16.1 Å². The number of hydrogen-bond donors (Lipinski definition) is 0. The number of hydrogen-bond acceptors (Lipinski definition) is 3. The van der Waals surface area contributed by atoms with Gasteiger partial charge in [0.05, 0.1) is 4.90 Å². The molecule has 3 nitrogen and oxygen atoms in total. The smallest absolute Gasteiger partial charge is 0.175 e. The number of carbonyl (C=O) groups is 1. The highest BCUT2D eigenvalue weighted by Crippen LogP contribution is 2.26. The van der Waals surface area contributed by atoms with Crippen LogP contribution in [0.1, 0.15) is 10.4 Å². The van der Waals surface area contributed by atoms with Crippen molar-refractivity contribution in [1.82, 2.24) is 0 Å². The van der Waals surface area contributed by atoms with Crippen molar-refractivity contribution in [2.45, 2.75) is 4.90 Å². The third-order valence-corrected chi connectivity index (χ3v) is 3.94. The molecule has 0 aliphatic heterocycles. The van der Waals surface area contributed by atoms with Crippen molar-refractivity contribution in [3.05, 3.63) is 53.6 Å². The van der Waals surface area contributed by atoms with Gasteiger partial charge in [-0.05, 0) is 35.4 Å². The van der Waals surface area contributed by atoms with Crippen LogP contribution in [-0.4, -0.2) is 21.0 Å². The maximum atomic E-state index is 13.3. The Hall–Kier alpha value is -2.08. The summed E-state index contributed by atoms with van der Waals surface area (Å²) in [6, 6.07) is 7.30. The van der Waals surface area contributed by atoms with Crippen LogP contribution >= 0.6 is 0 Å². The molecule has 20 heavy (non-hydrogen) atoms. The van der Waals surface area contributed by atoms with Crippen LogP contribution in [0.25, 0.3) is 11.1 Å². The fraction of sp³-hybridized carbons (Fsp3) is 0.0714. The fourth-order valence-electron chi connectivity index (χ4n) is 1.79. The largest absolute Gasteiger partial charge is 0.298 e. The van der Waals surface area contributed by atoms with Crippen LogP contribution in [0.15, 0.2) is 41.3 Å². The summed E-state index contributed by atoms with van der Waals surface area (Å²) in [7, 11) is -3.34. The van der Waals surface area contributed by atoms with Gasteiger partial charge < -0.3 is 0 Å². The summed E-state index contributed by atoms with van der Waals surface area (Å²) in [5, 5.41) is 0.